The van der Waals surface area contributed by atoms with Crippen molar-refractivity contribution < 1.29 is 9.53 Å². The summed E-state index contributed by atoms with van der Waals surface area (Å²) >= 11 is 0. The van der Waals surface area contributed by atoms with E-state index in [1.807, 2.05) is 25.2 Å². The van der Waals surface area contributed by atoms with E-state index in [0.29, 0.717) is 6.61 Å². The highest BCUT2D eigenvalue weighted by atomic mass is 16.5. The molecule has 2 aliphatic heterocycles. The number of piperidine rings is 1. The Morgan fingerprint density at radius 3 is 3.16 bits per heavy atom. The molecule has 102 valence electrons. The molecular formula is C15H20N2O2. The van der Waals surface area contributed by atoms with Crippen molar-refractivity contribution in [3.05, 3.63) is 23.8 Å². The zero-order valence-electron chi connectivity index (χ0n) is 11.3. The molecule has 19 heavy (non-hydrogen) atoms. The minimum Gasteiger partial charge on any atom is -0.490 e. The lowest BCUT2D eigenvalue weighted by atomic mass is 9.90. The number of anilines is 1. The number of ketones is 1. The molecule has 0 aromatic heterocycles. The first-order valence-corrected chi connectivity index (χ1v) is 6.98. The molecular weight excluding hydrogens is 240 g/mol. The van der Waals surface area contributed by atoms with E-state index in [1.165, 1.54) is 0 Å². The van der Waals surface area contributed by atoms with Crippen LogP contribution in [0, 0.1) is 5.92 Å². The number of carbonyl (C=O) groups is 1. The molecule has 0 spiro atoms. The summed E-state index contributed by atoms with van der Waals surface area (Å²) in [6.07, 6.45) is 2.08. The van der Waals surface area contributed by atoms with Crippen LogP contribution in [0.2, 0.25) is 0 Å². The van der Waals surface area contributed by atoms with Crippen LogP contribution in [0.3, 0.4) is 0 Å². The Morgan fingerprint density at radius 2 is 2.37 bits per heavy atom. The molecule has 2 aliphatic rings. The van der Waals surface area contributed by atoms with Crippen LogP contribution in [0.25, 0.3) is 0 Å². The summed E-state index contributed by atoms with van der Waals surface area (Å²) < 4.78 is 5.61. The second-order valence-electron chi connectivity index (χ2n) is 5.36. The third-order valence-corrected chi connectivity index (χ3v) is 4.01. The lowest BCUT2D eigenvalue weighted by Gasteiger charge is -2.28. The van der Waals surface area contributed by atoms with Gasteiger partial charge in [0.2, 0.25) is 0 Å². The molecule has 1 unspecified atom stereocenters. The van der Waals surface area contributed by atoms with Crippen molar-refractivity contribution in [1.82, 2.24) is 5.32 Å². The maximum absolute atomic E-state index is 12.5. The summed E-state index contributed by atoms with van der Waals surface area (Å²) in [4.78, 5) is 14.6. The van der Waals surface area contributed by atoms with Crippen LogP contribution in [0.5, 0.6) is 5.75 Å². The number of carbonyl (C=O) groups excluding carboxylic acids is 1. The Morgan fingerprint density at radius 1 is 1.47 bits per heavy atom. The van der Waals surface area contributed by atoms with Gasteiger partial charge in [0.05, 0.1) is 12.2 Å². The van der Waals surface area contributed by atoms with Crippen LogP contribution in [0.1, 0.15) is 23.2 Å². The highest BCUT2D eigenvalue weighted by molar-refractivity contribution is 5.99. The zero-order chi connectivity index (χ0) is 13.2. The maximum atomic E-state index is 12.5. The van der Waals surface area contributed by atoms with E-state index in [0.717, 1.165) is 49.5 Å². The van der Waals surface area contributed by atoms with E-state index in [9.17, 15) is 4.79 Å². The predicted octanol–water partition coefficient (Wildman–Crippen LogP) is 1.70. The van der Waals surface area contributed by atoms with Crippen molar-refractivity contribution in [1.29, 1.82) is 0 Å². The SMILES string of the molecule is CN1CCOc2ccc(C(=O)C3CCCNC3)cc21. The molecule has 3 rings (SSSR count). The molecule has 1 N–H and O–H groups in total. The topological polar surface area (TPSA) is 41.6 Å². The fraction of sp³-hybridized carbons (Fsp3) is 0.533. The summed E-state index contributed by atoms with van der Waals surface area (Å²) in [5, 5.41) is 3.30. The number of nitrogens with zero attached hydrogens (tertiary/aromatic N) is 1. The first kappa shape index (κ1) is 12.5. The van der Waals surface area contributed by atoms with E-state index in [-0.39, 0.29) is 11.7 Å². The molecule has 4 nitrogen and oxygen atoms in total. The van der Waals surface area contributed by atoms with E-state index < -0.39 is 0 Å². The molecule has 0 aliphatic carbocycles. The van der Waals surface area contributed by atoms with Crippen LogP contribution in [0.4, 0.5) is 5.69 Å². The van der Waals surface area contributed by atoms with Crippen molar-refractivity contribution in [3.63, 3.8) is 0 Å². The van der Waals surface area contributed by atoms with Gasteiger partial charge in [0.15, 0.2) is 5.78 Å². The van der Waals surface area contributed by atoms with Gasteiger partial charge in [-0.3, -0.25) is 4.79 Å². The van der Waals surface area contributed by atoms with Crippen molar-refractivity contribution in [2.75, 3.05) is 38.2 Å². The third-order valence-electron chi connectivity index (χ3n) is 4.01. The van der Waals surface area contributed by atoms with Gasteiger partial charge in [-0.15, -0.1) is 0 Å². The first-order valence-electron chi connectivity index (χ1n) is 6.98. The van der Waals surface area contributed by atoms with Crippen molar-refractivity contribution >= 4 is 11.5 Å². The van der Waals surface area contributed by atoms with Crippen LogP contribution < -0.4 is 15.0 Å². The second-order valence-corrected chi connectivity index (χ2v) is 5.36. The molecule has 1 aromatic rings. The number of nitrogens with one attached hydrogen (secondary N) is 1. The van der Waals surface area contributed by atoms with Crippen molar-refractivity contribution in [2.45, 2.75) is 12.8 Å². The minimum atomic E-state index is 0.126. The molecule has 1 atom stereocenters. The number of fused-ring (bicyclic) bond motifs is 1. The standard InChI is InChI=1S/C15H20N2O2/c1-17-7-8-19-14-5-4-11(9-13(14)17)15(18)12-3-2-6-16-10-12/h4-5,9,12,16H,2-3,6-8,10H2,1H3. The van der Waals surface area contributed by atoms with E-state index in [4.69, 9.17) is 4.74 Å². The largest absolute Gasteiger partial charge is 0.490 e. The fourth-order valence-electron chi connectivity index (χ4n) is 2.82. The number of hydrogen-bond acceptors (Lipinski definition) is 4. The Bertz CT molecular complexity index is 481. The van der Waals surface area contributed by atoms with Gasteiger partial charge < -0.3 is 15.0 Å². The number of likely N-dealkylation sites (N-methyl/N-ethyl adjacent to an activating group) is 1. The summed E-state index contributed by atoms with van der Waals surface area (Å²) in [5.41, 5.74) is 1.84. The first-order chi connectivity index (χ1) is 9.25. The van der Waals surface area contributed by atoms with Gasteiger partial charge in [0, 0.05) is 25.1 Å². The Hall–Kier alpha value is -1.55. The average molecular weight is 260 g/mol. The molecule has 4 heteroatoms. The molecule has 1 fully saturated rings. The number of benzene rings is 1. The van der Waals surface area contributed by atoms with E-state index in [1.54, 1.807) is 0 Å². The third kappa shape index (κ3) is 2.45. The van der Waals surface area contributed by atoms with Crippen LogP contribution in [-0.2, 0) is 0 Å². The summed E-state index contributed by atoms with van der Waals surface area (Å²) in [7, 11) is 2.04. The number of Topliss-reactive ketones (excluding diaryl/α,β-unsaturated/α-hetero) is 1. The molecule has 2 heterocycles. The summed E-state index contributed by atoms with van der Waals surface area (Å²) in [5.74, 6) is 1.27. The Kier molecular flexibility index (Phi) is 3.42. The van der Waals surface area contributed by atoms with Gasteiger partial charge in [-0.1, -0.05) is 0 Å². The predicted molar refractivity (Wildman–Crippen MR) is 75.1 cm³/mol. The molecule has 0 saturated carbocycles. The average Bonchev–Trinajstić information content (AvgIpc) is 2.47. The maximum Gasteiger partial charge on any atom is 0.167 e. The number of ether oxygens (including phenoxy) is 1. The summed E-state index contributed by atoms with van der Waals surface area (Å²) in [6.45, 7) is 3.42. The normalized spacial score (nSPS) is 22.6. The zero-order valence-corrected chi connectivity index (χ0v) is 11.3. The van der Waals surface area contributed by atoms with Gasteiger partial charge in [-0.05, 0) is 37.6 Å². The smallest absolute Gasteiger partial charge is 0.167 e. The van der Waals surface area contributed by atoms with Gasteiger partial charge in [0.25, 0.3) is 0 Å². The monoisotopic (exact) mass is 260 g/mol. The highest BCUT2D eigenvalue weighted by Gasteiger charge is 2.24. The van der Waals surface area contributed by atoms with Crippen molar-refractivity contribution in [2.24, 2.45) is 5.92 Å². The minimum absolute atomic E-state index is 0.126. The second kappa shape index (κ2) is 5.21. The van der Waals surface area contributed by atoms with Gasteiger partial charge >= 0.3 is 0 Å². The Labute approximate surface area is 113 Å². The van der Waals surface area contributed by atoms with Crippen LogP contribution in [0.15, 0.2) is 18.2 Å². The fourth-order valence-corrected chi connectivity index (χ4v) is 2.82. The van der Waals surface area contributed by atoms with Gasteiger partial charge in [-0.25, -0.2) is 0 Å². The van der Waals surface area contributed by atoms with Gasteiger partial charge in [0.1, 0.15) is 12.4 Å². The Balaban J connectivity index is 1.84. The lowest BCUT2D eigenvalue weighted by Crippen LogP contribution is -2.34. The van der Waals surface area contributed by atoms with Crippen molar-refractivity contribution in [3.8, 4) is 5.75 Å². The highest BCUT2D eigenvalue weighted by Crippen LogP contribution is 2.32. The van der Waals surface area contributed by atoms with Crippen LogP contribution >= 0.6 is 0 Å². The number of hydrogen-bond donors (Lipinski definition) is 1. The van der Waals surface area contributed by atoms with Crippen LogP contribution in [-0.4, -0.2) is 39.1 Å². The molecule has 1 aromatic carbocycles. The number of rotatable bonds is 2. The van der Waals surface area contributed by atoms with E-state index >= 15 is 0 Å². The van der Waals surface area contributed by atoms with Gasteiger partial charge in [-0.2, -0.15) is 0 Å². The lowest BCUT2D eigenvalue weighted by molar-refractivity contribution is 0.0899. The molecule has 1 saturated heterocycles. The summed E-state index contributed by atoms with van der Waals surface area (Å²) in [6, 6.07) is 5.80. The quantitative estimate of drug-likeness (QED) is 0.822. The van der Waals surface area contributed by atoms with E-state index in [2.05, 4.69) is 10.2 Å². The molecule has 0 amide bonds. The molecule has 0 radical (unpaired) electrons. The molecule has 0 bridgehead atoms.